The SMILES string of the molecule is Nc1ccc(Br)c(C(=O)Nc2ccc([N+](=O)[O-])cc2Cl)c1. The van der Waals surface area contributed by atoms with E-state index in [1.54, 1.807) is 12.1 Å². The largest absolute Gasteiger partial charge is 0.399 e. The molecule has 0 atom stereocenters. The molecule has 21 heavy (non-hydrogen) atoms. The second kappa shape index (κ2) is 6.11. The van der Waals surface area contributed by atoms with E-state index in [0.717, 1.165) is 0 Å². The third-order valence-corrected chi connectivity index (χ3v) is 3.65. The van der Waals surface area contributed by atoms with E-state index in [4.69, 9.17) is 17.3 Å². The molecule has 6 nitrogen and oxygen atoms in total. The van der Waals surface area contributed by atoms with Crippen LogP contribution in [0.4, 0.5) is 17.1 Å². The van der Waals surface area contributed by atoms with Crippen LogP contribution < -0.4 is 11.1 Å². The van der Waals surface area contributed by atoms with Crippen molar-refractivity contribution in [2.24, 2.45) is 0 Å². The highest BCUT2D eigenvalue weighted by Gasteiger charge is 2.14. The number of nitro benzene ring substituents is 1. The number of carbonyl (C=O) groups excluding carboxylic acids is 1. The smallest absolute Gasteiger partial charge is 0.271 e. The van der Waals surface area contributed by atoms with Crippen molar-refractivity contribution >= 4 is 50.5 Å². The molecule has 0 heterocycles. The van der Waals surface area contributed by atoms with Crippen molar-refractivity contribution in [2.75, 3.05) is 11.1 Å². The number of nitrogen functional groups attached to an aromatic ring is 1. The van der Waals surface area contributed by atoms with Gasteiger partial charge in [-0.3, -0.25) is 14.9 Å². The third kappa shape index (κ3) is 3.50. The molecule has 0 saturated carbocycles. The summed E-state index contributed by atoms with van der Waals surface area (Å²) in [5.74, 6) is -0.426. The molecule has 0 bridgehead atoms. The highest BCUT2D eigenvalue weighted by atomic mass is 79.9. The van der Waals surface area contributed by atoms with Crippen LogP contribution >= 0.6 is 27.5 Å². The maximum Gasteiger partial charge on any atom is 0.271 e. The summed E-state index contributed by atoms with van der Waals surface area (Å²) >= 11 is 9.18. The summed E-state index contributed by atoms with van der Waals surface area (Å²) in [5.41, 5.74) is 6.55. The zero-order valence-corrected chi connectivity index (χ0v) is 12.8. The van der Waals surface area contributed by atoms with E-state index in [1.165, 1.54) is 24.3 Å². The number of rotatable bonds is 3. The third-order valence-electron chi connectivity index (χ3n) is 2.65. The van der Waals surface area contributed by atoms with Crippen molar-refractivity contribution in [1.82, 2.24) is 0 Å². The van der Waals surface area contributed by atoms with E-state index < -0.39 is 10.8 Å². The fourth-order valence-electron chi connectivity index (χ4n) is 1.63. The average molecular weight is 371 g/mol. The highest BCUT2D eigenvalue weighted by molar-refractivity contribution is 9.10. The summed E-state index contributed by atoms with van der Waals surface area (Å²) < 4.78 is 0.576. The van der Waals surface area contributed by atoms with Crippen molar-refractivity contribution in [3.05, 3.63) is 61.6 Å². The molecule has 0 saturated heterocycles. The van der Waals surface area contributed by atoms with E-state index in [1.807, 2.05) is 0 Å². The molecule has 2 aromatic rings. The Morgan fingerprint density at radius 2 is 2.00 bits per heavy atom. The number of nitro groups is 1. The van der Waals surface area contributed by atoms with Gasteiger partial charge in [0.05, 0.1) is 21.2 Å². The quantitative estimate of drug-likeness (QED) is 0.487. The Morgan fingerprint density at radius 3 is 2.62 bits per heavy atom. The van der Waals surface area contributed by atoms with Crippen LogP contribution in [0.25, 0.3) is 0 Å². The number of hydrogen-bond acceptors (Lipinski definition) is 4. The predicted octanol–water partition coefficient (Wildman–Crippen LogP) is 3.85. The summed E-state index contributed by atoms with van der Waals surface area (Å²) in [6.07, 6.45) is 0. The molecule has 1 amide bonds. The van der Waals surface area contributed by atoms with Crippen LogP contribution in [0, 0.1) is 10.1 Å². The molecule has 8 heteroatoms. The van der Waals surface area contributed by atoms with E-state index >= 15 is 0 Å². The monoisotopic (exact) mass is 369 g/mol. The number of benzene rings is 2. The zero-order valence-electron chi connectivity index (χ0n) is 10.5. The standard InChI is InChI=1S/C13H9BrClN3O3/c14-10-3-1-7(16)5-9(10)13(19)17-12-4-2-8(18(20)21)6-11(12)15/h1-6H,16H2,(H,17,19). The van der Waals surface area contributed by atoms with Crippen LogP contribution in [0.1, 0.15) is 10.4 Å². The highest BCUT2D eigenvalue weighted by Crippen LogP contribution is 2.28. The molecule has 0 fully saturated rings. The van der Waals surface area contributed by atoms with E-state index in [0.29, 0.717) is 15.7 Å². The van der Waals surface area contributed by atoms with Gasteiger partial charge in [0, 0.05) is 22.3 Å². The lowest BCUT2D eigenvalue weighted by molar-refractivity contribution is -0.384. The van der Waals surface area contributed by atoms with E-state index in [-0.39, 0.29) is 16.4 Å². The molecule has 0 spiro atoms. The maximum absolute atomic E-state index is 12.2. The van der Waals surface area contributed by atoms with Crippen LogP contribution in [-0.2, 0) is 0 Å². The van der Waals surface area contributed by atoms with Gasteiger partial charge >= 0.3 is 0 Å². The first-order chi connectivity index (χ1) is 9.88. The van der Waals surface area contributed by atoms with E-state index in [9.17, 15) is 14.9 Å². The van der Waals surface area contributed by atoms with Gasteiger partial charge in [-0.1, -0.05) is 11.6 Å². The van der Waals surface area contributed by atoms with Gasteiger partial charge in [0.25, 0.3) is 11.6 Å². The number of hydrogen-bond donors (Lipinski definition) is 2. The van der Waals surface area contributed by atoms with Crippen molar-refractivity contribution in [2.45, 2.75) is 0 Å². The number of halogens is 2. The van der Waals surface area contributed by atoms with Crippen molar-refractivity contribution < 1.29 is 9.72 Å². The summed E-state index contributed by atoms with van der Waals surface area (Å²) in [5, 5.41) is 13.3. The number of anilines is 2. The molecule has 0 aliphatic carbocycles. The first-order valence-corrected chi connectivity index (χ1v) is 6.86. The number of nitrogens with two attached hydrogens (primary N) is 1. The van der Waals surface area contributed by atoms with Gasteiger partial charge in [-0.15, -0.1) is 0 Å². The lowest BCUT2D eigenvalue weighted by Crippen LogP contribution is -2.13. The molecule has 0 unspecified atom stereocenters. The van der Waals surface area contributed by atoms with Crippen LogP contribution in [-0.4, -0.2) is 10.8 Å². The molecule has 3 N–H and O–H groups in total. The van der Waals surface area contributed by atoms with E-state index in [2.05, 4.69) is 21.2 Å². The number of amides is 1. The summed E-state index contributed by atoms with van der Waals surface area (Å²) in [4.78, 5) is 22.2. The molecule has 0 aliphatic rings. The Morgan fingerprint density at radius 1 is 1.29 bits per heavy atom. The Labute approximate surface area is 133 Å². The molecule has 0 aromatic heterocycles. The Balaban J connectivity index is 2.27. The summed E-state index contributed by atoms with van der Waals surface area (Å²) in [6.45, 7) is 0. The topological polar surface area (TPSA) is 98.3 Å². The fraction of sp³-hybridized carbons (Fsp3) is 0. The molecule has 0 radical (unpaired) electrons. The molecular weight excluding hydrogens is 362 g/mol. The molecule has 2 aromatic carbocycles. The molecular formula is C13H9BrClN3O3. The summed E-state index contributed by atoms with van der Waals surface area (Å²) in [7, 11) is 0. The first kappa shape index (κ1) is 15.3. The van der Waals surface area contributed by atoms with Gasteiger partial charge in [-0.05, 0) is 40.2 Å². The average Bonchev–Trinajstić information content (AvgIpc) is 2.43. The number of carbonyl (C=O) groups is 1. The minimum atomic E-state index is -0.564. The lowest BCUT2D eigenvalue weighted by Gasteiger charge is -2.09. The van der Waals surface area contributed by atoms with Gasteiger partial charge in [0.2, 0.25) is 0 Å². The van der Waals surface area contributed by atoms with Gasteiger partial charge in [0.1, 0.15) is 0 Å². The second-order valence-corrected chi connectivity index (χ2v) is 5.38. The predicted molar refractivity (Wildman–Crippen MR) is 84.6 cm³/mol. The van der Waals surface area contributed by atoms with Gasteiger partial charge < -0.3 is 11.1 Å². The molecule has 0 aliphatic heterocycles. The van der Waals surface area contributed by atoms with Gasteiger partial charge in [-0.2, -0.15) is 0 Å². The lowest BCUT2D eigenvalue weighted by atomic mass is 10.2. The normalized spacial score (nSPS) is 10.2. The zero-order chi connectivity index (χ0) is 15.6. The Hall–Kier alpha value is -2.12. The summed E-state index contributed by atoms with van der Waals surface area (Å²) in [6, 6.07) is 8.63. The Kier molecular flexibility index (Phi) is 4.44. The first-order valence-electron chi connectivity index (χ1n) is 5.69. The number of non-ortho nitro benzene ring substituents is 1. The van der Waals surface area contributed by atoms with Crippen molar-refractivity contribution in [3.63, 3.8) is 0 Å². The molecule has 2 rings (SSSR count). The maximum atomic E-state index is 12.2. The Bertz CT molecular complexity index is 737. The fourth-order valence-corrected chi connectivity index (χ4v) is 2.27. The van der Waals surface area contributed by atoms with Crippen molar-refractivity contribution in [3.8, 4) is 0 Å². The van der Waals surface area contributed by atoms with Gasteiger partial charge in [0.15, 0.2) is 0 Å². The number of nitrogens with zero attached hydrogens (tertiary/aromatic N) is 1. The van der Waals surface area contributed by atoms with Crippen LogP contribution in [0.15, 0.2) is 40.9 Å². The second-order valence-electron chi connectivity index (χ2n) is 4.11. The van der Waals surface area contributed by atoms with Gasteiger partial charge in [-0.25, -0.2) is 0 Å². The minimum Gasteiger partial charge on any atom is -0.399 e. The molecule has 108 valence electrons. The van der Waals surface area contributed by atoms with Crippen LogP contribution in [0.3, 0.4) is 0 Å². The van der Waals surface area contributed by atoms with Crippen LogP contribution in [0.5, 0.6) is 0 Å². The number of nitrogens with one attached hydrogen (secondary N) is 1. The van der Waals surface area contributed by atoms with Crippen molar-refractivity contribution in [1.29, 1.82) is 0 Å². The van der Waals surface area contributed by atoms with Crippen LogP contribution in [0.2, 0.25) is 5.02 Å². The minimum absolute atomic E-state index is 0.0811.